The molecule has 2 N–H and O–H groups in total. The maximum absolute atomic E-state index is 14.5. The number of aliphatic hydroxyl groups is 1. The van der Waals surface area contributed by atoms with Gasteiger partial charge in [0.05, 0.1) is 6.61 Å². The van der Waals surface area contributed by atoms with E-state index in [1.807, 2.05) is 31.2 Å². The molecule has 0 spiro atoms. The molecule has 6 nitrogen and oxygen atoms in total. The monoisotopic (exact) mass is 374 g/mol. The van der Waals surface area contributed by atoms with Crippen LogP contribution in [0.1, 0.15) is 24.0 Å². The number of piperidine rings is 1. The molecule has 1 unspecified atom stereocenters. The van der Waals surface area contributed by atoms with Crippen molar-refractivity contribution in [3.05, 3.63) is 53.9 Å². The van der Waals surface area contributed by atoms with E-state index < -0.39 is 12.6 Å². The summed E-state index contributed by atoms with van der Waals surface area (Å²) < 4.78 is 20.0. The van der Waals surface area contributed by atoms with Crippen LogP contribution in [-0.2, 0) is 11.3 Å². The van der Waals surface area contributed by atoms with E-state index in [9.17, 15) is 9.50 Å². The molecular formula is C20H27FN4O2. The molecule has 2 heterocycles. The Bertz CT molecular complexity index is 686. The minimum atomic E-state index is -1.08. The first-order valence-electron chi connectivity index (χ1n) is 9.36. The molecule has 27 heavy (non-hydrogen) atoms. The largest absolute Gasteiger partial charge is 0.356 e. The van der Waals surface area contributed by atoms with E-state index in [1.165, 1.54) is 5.56 Å². The molecule has 0 bridgehead atoms. The highest BCUT2D eigenvalue weighted by Gasteiger charge is 2.32. The summed E-state index contributed by atoms with van der Waals surface area (Å²) >= 11 is 0. The number of aromatic nitrogens is 2. The number of hydrogen-bond donors (Lipinski definition) is 2. The Kier molecular flexibility index (Phi) is 7.09. The fourth-order valence-electron chi connectivity index (χ4n) is 3.22. The maximum atomic E-state index is 14.5. The summed E-state index contributed by atoms with van der Waals surface area (Å²) in [5.41, 5.74) is 2.16. The highest BCUT2D eigenvalue weighted by Crippen LogP contribution is 2.25. The molecule has 3 rings (SSSR count). The van der Waals surface area contributed by atoms with Crippen LogP contribution in [-0.4, -0.2) is 52.2 Å². The van der Waals surface area contributed by atoms with Gasteiger partial charge in [-0.25, -0.2) is 14.4 Å². The summed E-state index contributed by atoms with van der Waals surface area (Å²) in [7, 11) is 0. The van der Waals surface area contributed by atoms with Crippen LogP contribution < -0.4 is 5.32 Å². The summed E-state index contributed by atoms with van der Waals surface area (Å²) in [6, 6.07) is 9.70. The molecule has 1 aromatic carbocycles. The Morgan fingerprint density at radius 3 is 2.74 bits per heavy atom. The van der Waals surface area contributed by atoms with Gasteiger partial charge in [-0.15, -0.1) is 0 Å². The van der Waals surface area contributed by atoms with Gasteiger partial charge in [0.15, 0.2) is 0 Å². The Morgan fingerprint density at radius 1 is 1.30 bits per heavy atom. The Morgan fingerprint density at radius 2 is 2.04 bits per heavy atom. The number of benzene rings is 1. The van der Waals surface area contributed by atoms with E-state index in [0.29, 0.717) is 38.5 Å². The second kappa shape index (κ2) is 9.73. The quantitative estimate of drug-likeness (QED) is 0.693. The summed E-state index contributed by atoms with van der Waals surface area (Å²) in [6.07, 6.45) is 2.65. The van der Waals surface area contributed by atoms with Crippen molar-refractivity contribution in [3.63, 3.8) is 0 Å². The first-order valence-corrected chi connectivity index (χ1v) is 9.36. The van der Waals surface area contributed by atoms with E-state index in [1.54, 1.807) is 23.4 Å². The van der Waals surface area contributed by atoms with Gasteiger partial charge in [0.2, 0.25) is 12.4 Å². The smallest absolute Gasteiger partial charge is 0.222 e. The van der Waals surface area contributed by atoms with Gasteiger partial charge >= 0.3 is 0 Å². The van der Waals surface area contributed by atoms with E-state index in [-0.39, 0.29) is 12.5 Å². The fraction of sp³-hybridized carbons (Fsp3) is 0.500. The third-order valence-electron chi connectivity index (χ3n) is 4.90. The molecule has 1 aliphatic heterocycles. The molecule has 7 heteroatoms. The van der Waals surface area contributed by atoms with Crippen LogP contribution in [0, 0.1) is 12.8 Å². The van der Waals surface area contributed by atoms with Crippen molar-refractivity contribution < 1.29 is 14.2 Å². The molecule has 1 aromatic heterocycles. The van der Waals surface area contributed by atoms with Crippen LogP contribution in [0.2, 0.25) is 0 Å². The number of anilines is 1. The van der Waals surface area contributed by atoms with E-state index >= 15 is 0 Å². The van der Waals surface area contributed by atoms with Crippen molar-refractivity contribution in [1.82, 2.24) is 14.9 Å². The van der Waals surface area contributed by atoms with Gasteiger partial charge in [-0.3, -0.25) is 4.90 Å². The molecule has 0 radical (unpaired) electrons. The average Bonchev–Trinajstić information content (AvgIpc) is 2.69. The van der Waals surface area contributed by atoms with Crippen LogP contribution in [0.4, 0.5) is 10.3 Å². The van der Waals surface area contributed by atoms with E-state index in [2.05, 4.69) is 15.3 Å². The standard InChI is InChI=1S/C20H27FN4O2/c1-15-3-5-16(6-4-15)14-27-20(26)25-12-8-17(18(21)13-25)7-11-24-19-22-9-2-10-23-19/h2-6,9-10,17-18,20,26H,7-8,11-14H2,1H3,(H,22,23,24)/t17-,18+,20?/m0/s1. The van der Waals surface area contributed by atoms with Gasteiger partial charge in [0.1, 0.15) is 6.17 Å². The summed E-state index contributed by atoms with van der Waals surface area (Å²) in [4.78, 5) is 9.84. The summed E-state index contributed by atoms with van der Waals surface area (Å²) in [5.74, 6) is 0.520. The molecule has 1 aliphatic rings. The number of aryl methyl sites for hydroxylation is 1. The predicted octanol–water partition coefficient (Wildman–Crippen LogP) is 2.74. The predicted molar refractivity (Wildman–Crippen MR) is 102 cm³/mol. The van der Waals surface area contributed by atoms with Gasteiger partial charge in [-0.2, -0.15) is 0 Å². The number of rotatable bonds is 8. The number of nitrogens with zero attached hydrogens (tertiary/aromatic N) is 3. The SMILES string of the molecule is Cc1ccc(COC(O)N2CC[C@H](CCNc3ncccn3)[C@H](F)C2)cc1. The van der Waals surface area contributed by atoms with Crippen molar-refractivity contribution in [1.29, 1.82) is 0 Å². The van der Waals surface area contributed by atoms with Crippen molar-refractivity contribution >= 4 is 5.95 Å². The van der Waals surface area contributed by atoms with Gasteiger partial charge in [0.25, 0.3) is 0 Å². The highest BCUT2D eigenvalue weighted by atomic mass is 19.1. The molecule has 0 saturated carbocycles. The number of hydrogen-bond acceptors (Lipinski definition) is 6. The lowest BCUT2D eigenvalue weighted by molar-refractivity contribution is -0.212. The van der Waals surface area contributed by atoms with Crippen LogP contribution in [0.25, 0.3) is 0 Å². The molecule has 1 fully saturated rings. The van der Waals surface area contributed by atoms with Crippen molar-refractivity contribution in [3.8, 4) is 0 Å². The van der Waals surface area contributed by atoms with Crippen LogP contribution in [0.5, 0.6) is 0 Å². The molecule has 146 valence electrons. The number of ether oxygens (including phenoxy) is 1. The minimum absolute atomic E-state index is 0.0400. The molecular weight excluding hydrogens is 347 g/mol. The van der Waals surface area contributed by atoms with Gasteiger partial charge in [-0.1, -0.05) is 29.8 Å². The zero-order valence-corrected chi connectivity index (χ0v) is 15.6. The van der Waals surface area contributed by atoms with E-state index in [0.717, 1.165) is 5.56 Å². The van der Waals surface area contributed by atoms with Crippen LogP contribution >= 0.6 is 0 Å². The zero-order valence-electron chi connectivity index (χ0n) is 15.6. The zero-order chi connectivity index (χ0) is 19.1. The second-order valence-electron chi connectivity index (χ2n) is 6.97. The van der Waals surface area contributed by atoms with Gasteiger partial charge < -0.3 is 15.2 Å². The molecule has 0 amide bonds. The Labute approximate surface area is 159 Å². The number of halogens is 1. The summed E-state index contributed by atoms with van der Waals surface area (Å²) in [6.45, 7) is 3.75. The lowest BCUT2D eigenvalue weighted by Crippen LogP contribution is -2.48. The first kappa shape index (κ1) is 19.7. The van der Waals surface area contributed by atoms with Gasteiger partial charge in [0, 0.05) is 32.0 Å². The fourth-order valence-corrected chi connectivity index (χ4v) is 3.22. The number of nitrogens with one attached hydrogen (secondary N) is 1. The molecule has 0 aliphatic carbocycles. The lowest BCUT2D eigenvalue weighted by Gasteiger charge is -2.36. The number of alkyl halides is 1. The lowest BCUT2D eigenvalue weighted by atomic mass is 9.92. The third kappa shape index (κ3) is 5.95. The first-order chi connectivity index (χ1) is 13.1. The third-order valence-corrected chi connectivity index (χ3v) is 4.90. The summed E-state index contributed by atoms with van der Waals surface area (Å²) in [5, 5.41) is 13.3. The molecule has 2 aromatic rings. The maximum Gasteiger partial charge on any atom is 0.222 e. The Hall–Kier alpha value is -2.09. The minimum Gasteiger partial charge on any atom is -0.356 e. The van der Waals surface area contributed by atoms with Crippen molar-refractivity contribution in [2.75, 3.05) is 25.0 Å². The second-order valence-corrected chi connectivity index (χ2v) is 6.97. The number of likely N-dealkylation sites (tertiary alicyclic amines) is 1. The average molecular weight is 374 g/mol. The molecule has 3 atom stereocenters. The number of aliphatic hydroxyl groups excluding tert-OH is 1. The van der Waals surface area contributed by atoms with Crippen molar-refractivity contribution in [2.24, 2.45) is 5.92 Å². The highest BCUT2D eigenvalue weighted by molar-refractivity contribution is 5.21. The van der Waals surface area contributed by atoms with Crippen LogP contribution in [0.3, 0.4) is 0 Å². The Balaban J connectivity index is 1.38. The van der Waals surface area contributed by atoms with Gasteiger partial charge in [-0.05, 0) is 37.3 Å². The molecule has 1 saturated heterocycles. The van der Waals surface area contributed by atoms with E-state index in [4.69, 9.17) is 4.74 Å². The topological polar surface area (TPSA) is 70.5 Å². The van der Waals surface area contributed by atoms with Crippen molar-refractivity contribution in [2.45, 2.75) is 39.0 Å². The normalized spacial score (nSPS) is 21.7. The van der Waals surface area contributed by atoms with Crippen LogP contribution in [0.15, 0.2) is 42.7 Å².